The Hall–Kier alpha value is -17.2. The third-order valence-corrected chi connectivity index (χ3v) is 27.1. The summed E-state index contributed by atoms with van der Waals surface area (Å²) >= 11 is 0. The largest absolute Gasteiger partial charge is 0.455 e. The fourth-order valence-electron chi connectivity index (χ4n) is 21.1. The molecule has 0 bridgehead atoms. The predicted molar refractivity (Wildman–Crippen MR) is 549 cm³/mol. The third-order valence-electron chi connectivity index (χ3n) is 27.1. The Labute approximate surface area is 768 Å². The highest BCUT2D eigenvalue weighted by atomic mass is 16.3. The highest BCUT2D eigenvalue weighted by Gasteiger charge is 2.48. The van der Waals surface area contributed by atoms with Crippen molar-refractivity contribution in [2.75, 3.05) is 9.80 Å². The van der Waals surface area contributed by atoms with E-state index in [9.17, 15) is 0 Å². The molecule has 4 nitrogen and oxygen atoms in total. The van der Waals surface area contributed by atoms with Crippen LogP contribution in [0.3, 0.4) is 0 Å². The van der Waals surface area contributed by atoms with Gasteiger partial charge in [0.05, 0.1) is 16.5 Å². The first-order valence-corrected chi connectivity index (χ1v) is 45.4. The Morgan fingerprint density at radius 3 is 0.811 bits per heavy atom. The van der Waals surface area contributed by atoms with Crippen molar-refractivity contribution < 1.29 is 8.83 Å². The van der Waals surface area contributed by atoms with Gasteiger partial charge in [0.25, 0.3) is 0 Å². The maximum atomic E-state index is 6.86. The van der Waals surface area contributed by atoms with Crippen LogP contribution in [0.5, 0.6) is 0 Å². The summed E-state index contributed by atoms with van der Waals surface area (Å²) in [4.78, 5) is 4.71. The van der Waals surface area contributed by atoms with Gasteiger partial charge in [0.1, 0.15) is 22.3 Å². The summed E-state index contributed by atoms with van der Waals surface area (Å²) in [7, 11) is 0. The molecule has 2 heterocycles. The molecule has 0 amide bonds. The van der Waals surface area contributed by atoms with E-state index in [1.807, 2.05) is 0 Å². The number of nitrogens with zero attached hydrogens (tertiary/aromatic N) is 2. The van der Waals surface area contributed by atoms with Crippen molar-refractivity contribution in [2.45, 2.75) is 10.8 Å². The van der Waals surface area contributed by atoms with Gasteiger partial charge < -0.3 is 18.6 Å². The number of hydrogen-bond donors (Lipinski definition) is 0. The van der Waals surface area contributed by atoms with Gasteiger partial charge in [0.2, 0.25) is 0 Å². The molecule has 0 atom stereocenters. The van der Waals surface area contributed by atoms with E-state index in [2.05, 4.69) is 532 Å². The Bertz CT molecular complexity index is 8100. The van der Waals surface area contributed by atoms with Crippen molar-refractivity contribution in [3.05, 3.63) is 566 Å². The molecule has 4 heteroatoms. The van der Waals surface area contributed by atoms with Crippen LogP contribution >= 0.6 is 0 Å². The molecule has 132 heavy (non-hydrogen) atoms. The van der Waals surface area contributed by atoms with Gasteiger partial charge in [-0.15, -0.1) is 0 Å². The monoisotopic (exact) mass is 1680 g/mol. The Balaban J connectivity index is 0.000000146. The van der Waals surface area contributed by atoms with Gasteiger partial charge in [0.15, 0.2) is 0 Å². The number of anilines is 6. The van der Waals surface area contributed by atoms with Crippen LogP contribution in [0.1, 0.15) is 44.5 Å². The smallest absolute Gasteiger partial charge is 0.143 e. The fourth-order valence-corrected chi connectivity index (χ4v) is 21.1. The van der Waals surface area contributed by atoms with E-state index >= 15 is 0 Å². The van der Waals surface area contributed by atoms with Crippen LogP contribution < -0.4 is 9.80 Å². The molecular weight excluding hydrogens is 1600 g/mol. The molecule has 21 aromatic carbocycles. The molecule has 2 aliphatic rings. The average Bonchev–Trinajstić information content (AvgIpc) is 1.54. The second-order valence-electron chi connectivity index (χ2n) is 34.4. The predicted octanol–water partition coefficient (Wildman–Crippen LogP) is 34.5. The van der Waals surface area contributed by atoms with Gasteiger partial charge in [0, 0.05) is 66.7 Å². The number of furan rings is 2. The number of fused-ring (bicyclic) bond motifs is 12. The van der Waals surface area contributed by atoms with Crippen LogP contribution in [0.15, 0.2) is 531 Å². The van der Waals surface area contributed by atoms with Gasteiger partial charge in [-0.1, -0.05) is 406 Å². The minimum atomic E-state index is -0.516. The summed E-state index contributed by atoms with van der Waals surface area (Å²) in [5.41, 5.74) is 40.3. The summed E-state index contributed by atoms with van der Waals surface area (Å²) in [5.74, 6) is 0. The summed E-state index contributed by atoms with van der Waals surface area (Å²) in [6.07, 6.45) is 0. The van der Waals surface area contributed by atoms with Gasteiger partial charge in [-0.2, -0.15) is 0 Å². The molecule has 0 saturated heterocycles. The van der Waals surface area contributed by atoms with E-state index < -0.39 is 10.8 Å². The molecule has 2 aliphatic carbocycles. The van der Waals surface area contributed by atoms with Crippen molar-refractivity contribution in [1.82, 2.24) is 0 Å². The van der Waals surface area contributed by atoms with Gasteiger partial charge in [-0.25, -0.2) is 0 Å². The molecular formula is C128H86N2O2. The van der Waals surface area contributed by atoms with Crippen molar-refractivity contribution >= 4 is 78.0 Å². The second kappa shape index (κ2) is 33.2. The van der Waals surface area contributed by atoms with E-state index in [0.29, 0.717) is 0 Å². The maximum Gasteiger partial charge on any atom is 0.143 e. The molecule has 0 N–H and O–H groups in total. The second-order valence-corrected chi connectivity index (χ2v) is 34.4. The fraction of sp³-hybridized carbons (Fsp3) is 0.0156. The normalized spacial score (nSPS) is 12.5. The average molecular weight is 1680 g/mol. The number of hydrogen-bond acceptors (Lipinski definition) is 4. The zero-order chi connectivity index (χ0) is 87.5. The molecule has 620 valence electrons. The third kappa shape index (κ3) is 13.5. The van der Waals surface area contributed by atoms with Crippen molar-refractivity contribution in [2.24, 2.45) is 0 Å². The first-order valence-electron chi connectivity index (χ1n) is 45.4. The lowest BCUT2D eigenvalue weighted by atomic mass is 9.67. The van der Waals surface area contributed by atoms with Gasteiger partial charge >= 0.3 is 0 Å². The zero-order valence-electron chi connectivity index (χ0n) is 72.4. The van der Waals surface area contributed by atoms with E-state index in [0.717, 1.165) is 128 Å². The molecule has 0 aliphatic heterocycles. The highest BCUT2D eigenvalue weighted by Crippen LogP contribution is 2.60. The Kier molecular flexibility index (Phi) is 19.7. The number of para-hydroxylation sites is 4. The lowest BCUT2D eigenvalue weighted by molar-refractivity contribution is 0.669. The lowest BCUT2D eigenvalue weighted by Gasteiger charge is -2.34. The van der Waals surface area contributed by atoms with Crippen LogP contribution in [-0.4, -0.2) is 0 Å². The van der Waals surface area contributed by atoms with E-state index in [4.69, 9.17) is 8.83 Å². The quantitative estimate of drug-likeness (QED) is 0.0910. The van der Waals surface area contributed by atoms with Crippen LogP contribution in [0, 0.1) is 0 Å². The summed E-state index contributed by atoms with van der Waals surface area (Å²) in [5, 5.41) is 4.41. The standard InChI is InChI=1S/C67H45NO.C61H41NO/c1-5-19-46(20-6-1)47-33-38-54(39-34-47)68(64-31-17-14-27-56(64)49-21-7-2-8-22-49)55-40-35-48(36-41-55)51-43-60(66-61(44-51)59-29-15-18-32-65(59)69-66)50-37-42-58-57-28-13-16-30-62(57)67(63(58)45-50,52-23-9-3-10-24-52)53-25-11-4-12-26-53;1-5-17-42(18-6-1)43-29-34-50(35-30-43)62(49-23-11-4-12-24-49)51-36-31-44(32-37-51)46-39-55(60-56(40-46)54-26-14-16-28-59(54)63-60)45-33-38-53-52-25-13-15-27-57(52)61(58(53)41-45,47-19-7-2-8-20-47)48-21-9-3-10-22-48/h1-45H;1-41H. The molecule has 0 radical (unpaired) electrons. The van der Waals surface area contributed by atoms with Crippen LogP contribution in [0.2, 0.25) is 0 Å². The lowest BCUT2D eigenvalue weighted by Crippen LogP contribution is -2.28. The van der Waals surface area contributed by atoms with Crippen LogP contribution in [-0.2, 0) is 10.8 Å². The van der Waals surface area contributed by atoms with E-state index in [-0.39, 0.29) is 0 Å². The minimum Gasteiger partial charge on any atom is -0.455 e. The van der Waals surface area contributed by atoms with Crippen molar-refractivity contribution in [3.8, 4) is 100 Å². The van der Waals surface area contributed by atoms with E-state index in [1.165, 1.54) is 94.6 Å². The minimum absolute atomic E-state index is 0.503. The number of rotatable bonds is 17. The maximum absolute atomic E-state index is 6.86. The van der Waals surface area contributed by atoms with Gasteiger partial charge in [-0.05, 0) is 243 Å². The Morgan fingerprint density at radius 1 is 0.152 bits per heavy atom. The topological polar surface area (TPSA) is 32.8 Å². The summed E-state index contributed by atoms with van der Waals surface area (Å²) in [6, 6.07) is 189. The first kappa shape index (κ1) is 78.3. The van der Waals surface area contributed by atoms with Crippen molar-refractivity contribution in [1.29, 1.82) is 0 Å². The molecule has 0 fully saturated rings. The molecule has 23 aromatic rings. The molecule has 0 unspecified atom stereocenters. The summed E-state index contributed by atoms with van der Waals surface area (Å²) in [6.45, 7) is 0. The van der Waals surface area contributed by atoms with Gasteiger partial charge in [-0.3, -0.25) is 0 Å². The molecule has 0 saturated carbocycles. The number of benzene rings is 21. The Morgan fingerprint density at radius 2 is 0.424 bits per heavy atom. The van der Waals surface area contributed by atoms with E-state index in [1.54, 1.807) is 0 Å². The summed E-state index contributed by atoms with van der Waals surface area (Å²) < 4.78 is 13.7. The zero-order valence-corrected chi connectivity index (χ0v) is 72.4. The SMILES string of the molecule is c1ccc(-c2ccc(N(c3ccc(-c4cc(-c5ccc6c(c5)C(c5ccccc5)(c5ccccc5)c5ccccc5-6)c5oc6ccccc6c5c4)cc3)c3ccccc3-c3ccccc3)cc2)cc1.c1ccc(-c2ccc(N(c3ccccc3)c3ccc(-c4cc(-c5ccc6c(c5)C(c5ccccc5)(c5ccccc5)c5ccccc5-6)c5oc6ccccc6c5c4)cc3)cc2)cc1. The first-order chi connectivity index (χ1) is 65.5. The van der Waals surface area contributed by atoms with Crippen LogP contribution in [0.4, 0.5) is 34.1 Å². The molecule has 2 aromatic heterocycles. The molecule has 0 spiro atoms. The molecule has 25 rings (SSSR count). The highest BCUT2D eigenvalue weighted by molar-refractivity contribution is 6.13. The van der Waals surface area contributed by atoms with Crippen LogP contribution in [0.25, 0.3) is 144 Å². The van der Waals surface area contributed by atoms with Crippen molar-refractivity contribution in [3.63, 3.8) is 0 Å².